The van der Waals surface area contributed by atoms with Gasteiger partial charge in [0.25, 0.3) is 11.8 Å². The zero-order valence-corrected chi connectivity index (χ0v) is 23.8. The van der Waals surface area contributed by atoms with Crippen molar-refractivity contribution in [2.24, 2.45) is 0 Å². The summed E-state index contributed by atoms with van der Waals surface area (Å²) < 4.78 is 5.24. The maximum absolute atomic E-state index is 13.9. The number of anilines is 1. The number of halogens is 2. The van der Waals surface area contributed by atoms with Crippen molar-refractivity contribution >= 4 is 68.2 Å². The average molecular weight is 570 g/mol. The highest BCUT2D eigenvalue weighted by Crippen LogP contribution is 2.38. The van der Waals surface area contributed by atoms with Gasteiger partial charge in [0.05, 0.1) is 38.8 Å². The zero-order chi connectivity index (χ0) is 27.7. The molecule has 10 heteroatoms. The van der Waals surface area contributed by atoms with Crippen LogP contribution in [-0.2, 0) is 4.74 Å². The molecule has 0 aliphatic carbocycles. The summed E-state index contributed by atoms with van der Waals surface area (Å²) in [6, 6.07) is 12.4. The number of ether oxygens (including phenoxy) is 1. The number of thiophene rings is 1. The summed E-state index contributed by atoms with van der Waals surface area (Å²) in [7, 11) is 3.25. The topological polar surface area (TPSA) is 88.6 Å². The second-order valence-corrected chi connectivity index (χ2v) is 10.6. The molecule has 0 radical (unpaired) electrons. The van der Waals surface area contributed by atoms with Crippen LogP contribution in [0.15, 0.2) is 42.5 Å². The van der Waals surface area contributed by atoms with Gasteiger partial charge in [-0.05, 0) is 56.2 Å². The van der Waals surface area contributed by atoms with Crippen molar-refractivity contribution in [1.82, 2.24) is 9.88 Å². The Balaban J connectivity index is 1.88. The summed E-state index contributed by atoms with van der Waals surface area (Å²) in [5.41, 5.74) is 3.35. The van der Waals surface area contributed by atoms with E-state index in [1.54, 1.807) is 53.1 Å². The molecule has 196 valence electrons. The van der Waals surface area contributed by atoms with E-state index in [1.807, 2.05) is 24.3 Å². The van der Waals surface area contributed by atoms with Gasteiger partial charge < -0.3 is 15.0 Å². The number of hydrogen-bond acceptors (Lipinski definition) is 6. The zero-order valence-electron chi connectivity index (χ0n) is 21.4. The molecule has 0 bridgehead atoms. The van der Waals surface area contributed by atoms with Crippen LogP contribution in [-0.4, -0.2) is 48.4 Å². The molecular formula is C28H25Cl2N3O4S. The molecular weight excluding hydrogens is 545 g/mol. The Morgan fingerprint density at radius 1 is 1.03 bits per heavy atom. The third-order valence-corrected chi connectivity index (χ3v) is 7.75. The largest absolute Gasteiger partial charge is 0.462 e. The van der Waals surface area contributed by atoms with Crippen LogP contribution in [0.5, 0.6) is 0 Å². The number of aromatic nitrogens is 1. The Morgan fingerprint density at radius 2 is 1.74 bits per heavy atom. The SMILES string of the molecule is CCOC(=O)c1c(NC(=O)c2c(C)c(-c3ccc(Cl)cc3Cl)nc3ccccc23)sc(C(=O)N(C)C)c1C. The number of hydrogen-bond donors (Lipinski definition) is 1. The molecule has 0 atom stereocenters. The predicted octanol–water partition coefficient (Wildman–Crippen LogP) is 7.02. The van der Waals surface area contributed by atoms with Crippen molar-refractivity contribution in [3.63, 3.8) is 0 Å². The number of benzene rings is 2. The number of para-hydroxylation sites is 1. The lowest BCUT2D eigenvalue weighted by atomic mass is 9.97. The lowest BCUT2D eigenvalue weighted by Crippen LogP contribution is -2.21. The third kappa shape index (κ3) is 5.12. The number of fused-ring (bicyclic) bond motifs is 1. The van der Waals surface area contributed by atoms with E-state index in [9.17, 15) is 14.4 Å². The van der Waals surface area contributed by atoms with Gasteiger partial charge in [0.15, 0.2) is 0 Å². The van der Waals surface area contributed by atoms with E-state index in [4.69, 9.17) is 32.9 Å². The van der Waals surface area contributed by atoms with Crippen molar-refractivity contribution < 1.29 is 19.1 Å². The minimum Gasteiger partial charge on any atom is -0.462 e. The number of pyridine rings is 1. The highest BCUT2D eigenvalue weighted by Gasteiger charge is 2.29. The van der Waals surface area contributed by atoms with E-state index in [0.717, 1.165) is 11.3 Å². The molecule has 2 aromatic carbocycles. The molecule has 1 N–H and O–H groups in total. The normalized spacial score (nSPS) is 10.9. The van der Waals surface area contributed by atoms with Crippen molar-refractivity contribution in [2.75, 3.05) is 26.0 Å². The smallest absolute Gasteiger partial charge is 0.341 e. The fourth-order valence-electron chi connectivity index (χ4n) is 4.17. The third-order valence-electron chi connectivity index (χ3n) is 6.00. The van der Waals surface area contributed by atoms with E-state index < -0.39 is 11.9 Å². The van der Waals surface area contributed by atoms with E-state index in [0.29, 0.717) is 53.8 Å². The molecule has 0 unspecified atom stereocenters. The lowest BCUT2D eigenvalue weighted by Gasteiger charge is -2.16. The summed E-state index contributed by atoms with van der Waals surface area (Å²) in [6.45, 7) is 5.31. The Morgan fingerprint density at radius 3 is 2.39 bits per heavy atom. The van der Waals surface area contributed by atoms with Crippen molar-refractivity contribution in [2.45, 2.75) is 20.8 Å². The Hall–Kier alpha value is -3.46. The standard InChI is InChI=1S/C28H25Cl2N3O4S/c1-6-37-28(36)22-15(3)24(27(35)33(4)5)38-26(22)32-25(34)21-14(2)23(17-12-11-16(29)13-19(17)30)31-20-10-8-7-9-18(20)21/h7-13H,6H2,1-5H3,(H,32,34). The second kappa shape index (κ2) is 11.1. The van der Waals surface area contributed by atoms with Gasteiger partial charge in [0, 0.05) is 30.1 Å². The average Bonchev–Trinajstić information content (AvgIpc) is 3.18. The van der Waals surface area contributed by atoms with E-state index in [1.165, 1.54) is 4.90 Å². The molecule has 0 aliphatic rings. The Bertz CT molecular complexity index is 1600. The number of carbonyl (C=O) groups is 3. The van der Waals surface area contributed by atoms with Crippen LogP contribution >= 0.6 is 34.5 Å². The molecule has 7 nitrogen and oxygen atoms in total. The van der Waals surface area contributed by atoms with Crippen LogP contribution in [0.4, 0.5) is 5.00 Å². The highest BCUT2D eigenvalue weighted by atomic mass is 35.5. The monoisotopic (exact) mass is 569 g/mol. The molecule has 4 rings (SSSR count). The van der Waals surface area contributed by atoms with Gasteiger partial charge in [-0.1, -0.05) is 41.4 Å². The van der Waals surface area contributed by atoms with E-state index in [-0.39, 0.29) is 23.1 Å². The summed E-state index contributed by atoms with van der Waals surface area (Å²) in [4.78, 5) is 46.1. The molecule has 4 aromatic rings. The van der Waals surface area contributed by atoms with Crippen LogP contribution < -0.4 is 5.32 Å². The quantitative estimate of drug-likeness (QED) is 0.252. The Kier molecular flexibility index (Phi) is 8.06. The van der Waals surface area contributed by atoms with Gasteiger partial charge in [-0.2, -0.15) is 0 Å². The van der Waals surface area contributed by atoms with E-state index in [2.05, 4.69) is 5.32 Å². The van der Waals surface area contributed by atoms with Gasteiger partial charge in [-0.25, -0.2) is 9.78 Å². The first-order valence-corrected chi connectivity index (χ1v) is 13.3. The molecule has 0 spiro atoms. The molecule has 0 fully saturated rings. The van der Waals surface area contributed by atoms with Gasteiger partial charge in [0.2, 0.25) is 0 Å². The number of carbonyl (C=O) groups excluding carboxylic acids is 3. The Labute approximate surface area is 234 Å². The number of esters is 1. The molecule has 2 aromatic heterocycles. The molecule has 2 amide bonds. The highest BCUT2D eigenvalue weighted by molar-refractivity contribution is 7.18. The van der Waals surface area contributed by atoms with Gasteiger partial charge in [-0.15, -0.1) is 11.3 Å². The van der Waals surface area contributed by atoms with Crippen molar-refractivity contribution in [3.8, 4) is 11.3 Å². The molecule has 0 saturated heterocycles. The number of rotatable bonds is 6. The summed E-state index contributed by atoms with van der Waals surface area (Å²) in [5, 5.41) is 4.64. The van der Waals surface area contributed by atoms with Crippen LogP contribution in [0.25, 0.3) is 22.2 Å². The maximum Gasteiger partial charge on any atom is 0.341 e. The molecule has 0 saturated carbocycles. The fourth-order valence-corrected chi connectivity index (χ4v) is 5.88. The fraction of sp³-hybridized carbons (Fsp3) is 0.214. The van der Waals surface area contributed by atoms with Crippen LogP contribution in [0.1, 0.15) is 48.4 Å². The van der Waals surface area contributed by atoms with Gasteiger partial charge in [-0.3, -0.25) is 9.59 Å². The first-order valence-electron chi connectivity index (χ1n) is 11.7. The van der Waals surface area contributed by atoms with Crippen LogP contribution in [0.2, 0.25) is 10.0 Å². The van der Waals surface area contributed by atoms with E-state index >= 15 is 0 Å². The van der Waals surface area contributed by atoms with Gasteiger partial charge >= 0.3 is 5.97 Å². The first kappa shape index (κ1) is 27.6. The lowest BCUT2D eigenvalue weighted by molar-refractivity contribution is 0.0527. The second-order valence-electron chi connectivity index (χ2n) is 8.74. The number of nitrogens with one attached hydrogen (secondary N) is 1. The summed E-state index contributed by atoms with van der Waals surface area (Å²) in [6.07, 6.45) is 0. The minimum absolute atomic E-state index is 0.151. The maximum atomic E-state index is 13.9. The summed E-state index contributed by atoms with van der Waals surface area (Å²) in [5.74, 6) is -1.34. The predicted molar refractivity (Wildman–Crippen MR) is 153 cm³/mol. The van der Waals surface area contributed by atoms with Crippen LogP contribution in [0, 0.1) is 13.8 Å². The molecule has 38 heavy (non-hydrogen) atoms. The number of amides is 2. The summed E-state index contributed by atoms with van der Waals surface area (Å²) >= 11 is 13.6. The first-order chi connectivity index (χ1) is 18.0. The van der Waals surface area contributed by atoms with Crippen LogP contribution in [0.3, 0.4) is 0 Å². The molecule has 0 aliphatic heterocycles. The van der Waals surface area contributed by atoms with Crippen molar-refractivity contribution in [3.05, 3.63) is 79.6 Å². The number of nitrogens with zero attached hydrogens (tertiary/aromatic N) is 2. The minimum atomic E-state index is -0.612. The van der Waals surface area contributed by atoms with Gasteiger partial charge in [0.1, 0.15) is 5.00 Å². The van der Waals surface area contributed by atoms with Crippen molar-refractivity contribution in [1.29, 1.82) is 0 Å². The molecule has 2 heterocycles.